The van der Waals surface area contributed by atoms with Gasteiger partial charge in [-0.05, 0) is 37.2 Å². The van der Waals surface area contributed by atoms with Crippen molar-refractivity contribution in [3.05, 3.63) is 58.1 Å². The summed E-state index contributed by atoms with van der Waals surface area (Å²) in [7, 11) is 0. The molecule has 0 radical (unpaired) electrons. The van der Waals surface area contributed by atoms with Crippen LogP contribution in [-0.4, -0.2) is 16.5 Å². The zero-order chi connectivity index (χ0) is 13.0. The molecule has 0 atom stereocenters. The van der Waals surface area contributed by atoms with Gasteiger partial charge >= 0.3 is 0 Å². The molecule has 0 saturated carbocycles. The van der Waals surface area contributed by atoms with Gasteiger partial charge in [-0.2, -0.15) is 0 Å². The van der Waals surface area contributed by atoms with E-state index in [0.29, 0.717) is 6.54 Å². The zero-order valence-corrected chi connectivity index (χ0v) is 12.3. The van der Waals surface area contributed by atoms with Crippen LogP contribution in [0.5, 0.6) is 0 Å². The second kappa shape index (κ2) is 7.43. The predicted molar refractivity (Wildman–Crippen MR) is 81.0 cm³/mol. The molecule has 19 heavy (non-hydrogen) atoms. The van der Waals surface area contributed by atoms with Crippen molar-refractivity contribution < 1.29 is 0 Å². The van der Waals surface area contributed by atoms with Crippen LogP contribution in [0.2, 0.25) is 5.02 Å². The van der Waals surface area contributed by atoms with Crippen molar-refractivity contribution in [1.82, 2.24) is 9.97 Å². The molecule has 1 heterocycles. The second-order valence-electron chi connectivity index (χ2n) is 4.26. The fourth-order valence-corrected chi connectivity index (χ4v) is 1.97. The third-order valence-electron chi connectivity index (χ3n) is 2.63. The van der Waals surface area contributed by atoms with Crippen LogP contribution in [0, 0.1) is 6.92 Å². The first kappa shape index (κ1) is 15.9. The minimum atomic E-state index is 0. The number of benzene rings is 1. The average molecular weight is 298 g/mol. The number of nitrogens with zero attached hydrogens (tertiary/aromatic N) is 2. The van der Waals surface area contributed by atoms with Crippen LogP contribution in [0.15, 0.2) is 30.3 Å². The highest BCUT2D eigenvalue weighted by molar-refractivity contribution is 6.30. The normalized spacial score (nSPS) is 10.1. The number of aryl methyl sites for hydroxylation is 1. The summed E-state index contributed by atoms with van der Waals surface area (Å²) in [5.74, 6) is 0.834. The summed E-state index contributed by atoms with van der Waals surface area (Å²) < 4.78 is 0. The van der Waals surface area contributed by atoms with Crippen LogP contribution in [0.3, 0.4) is 0 Å². The molecule has 1 aromatic heterocycles. The lowest BCUT2D eigenvalue weighted by molar-refractivity contribution is 0.853. The Labute approximate surface area is 124 Å². The lowest BCUT2D eigenvalue weighted by Crippen LogP contribution is -2.08. The molecule has 0 spiro atoms. The molecule has 1 aromatic carbocycles. The van der Waals surface area contributed by atoms with Crippen LogP contribution in [-0.2, 0) is 12.8 Å². The molecule has 0 unspecified atom stereocenters. The van der Waals surface area contributed by atoms with Crippen molar-refractivity contribution in [1.29, 1.82) is 0 Å². The Hall–Kier alpha value is -1.16. The molecule has 2 aromatic rings. The van der Waals surface area contributed by atoms with E-state index >= 15 is 0 Å². The monoisotopic (exact) mass is 297 g/mol. The summed E-state index contributed by atoms with van der Waals surface area (Å²) in [5.41, 5.74) is 8.70. The van der Waals surface area contributed by atoms with Crippen molar-refractivity contribution in [3.8, 4) is 0 Å². The SMILES string of the molecule is Cc1cc(CCN)nc(Cc2ccc(Cl)cc2)n1.Cl. The fraction of sp³-hybridized carbons (Fsp3) is 0.286. The summed E-state index contributed by atoms with van der Waals surface area (Å²) in [6, 6.07) is 9.74. The highest BCUT2D eigenvalue weighted by atomic mass is 35.5. The average Bonchev–Trinajstić information content (AvgIpc) is 2.32. The molecule has 3 nitrogen and oxygen atoms in total. The van der Waals surface area contributed by atoms with Gasteiger partial charge in [-0.1, -0.05) is 23.7 Å². The lowest BCUT2D eigenvalue weighted by atomic mass is 10.1. The van der Waals surface area contributed by atoms with E-state index in [-0.39, 0.29) is 12.4 Å². The van der Waals surface area contributed by atoms with Gasteiger partial charge < -0.3 is 5.73 Å². The van der Waals surface area contributed by atoms with Gasteiger partial charge in [0.05, 0.1) is 0 Å². The predicted octanol–water partition coefficient (Wildman–Crippen LogP) is 2.95. The number of hydrogen-bond acceptors (Lipinski definition) is 3. The van der Waals surface area contributed by atoms with Gasteiger partial charge in [0.15, 0.2) is 0 Å². The smallest absolute Gasteiger partial charge is 0.133 e. The zero-order valence-electron chi connectivity index (χ0n) is 10.8. The van der Waals surface area contributed by atoms with Gasteiger partial charge in [-0.15, -0.1) is 12.4 Å². The molecule has 102 valence electrons. The molecule has 5 heteroatoms. The van der Waals surface area contributed by atoms with E-state index in [4.69, 9.17) is 17.3 Å². The van der Waals surface area contributed by atoms with Gasteiger partial charge in [0.2, 0.25) is 0 Å². The first-order valence-corrected chi connectivity index (χ1v) is 6.33. The van der Waals surface area contributed by atoms with E-state index in [1.54, 1.807) is 0 Å². The van der Waals surface area contributed by atoms with Crippen molar-refractivity contribution in [2.75, 3.05) is 6.54 Å². The van der Waals surface area contributed by atoms with Crippen LogP contribution in [0.25, 0.3) is 0 Å². The number of nitrogens with two attached hydrogens (primary N) is 1. The molecule has 0 aliphatic heterocycles. The maximum absolute atomic E-state index is 5.86. The van der Waals surface area contributed by atoms with Crippen molar-refractivity contribution >= 4 is 24.0 Å². The number of rotatable bonds is 4. The molecule has 0 bridgehead atoms. The van der Waals surface area contributed by atoms with E-state index in [1.165, 1.54) is 0 Å². The van der Waals surface area contributed by atoms with E-state index in [1.807, 2.05) is 37.3 Å². The second-order valence-corrected chi connectivity index (χ2v) is 4.70. The molecular formula is C14H17Cl2N3. The molecule has 0 aliphatic carbocycles. The lowest BCUT2D eigenvalue weighted by Gasteiger charge is -2.05. The summed E-state index contributed by atoms with van der Waals surface area (Å²) in [6.45, 7) is 2.59. The molecule has 2 N–H and O–H groups in total. The highest BCUT2D eigenvalue weighted by Gasteiger charge is 2.03. The number of aromatic nitrogens is 2. The van der Waals surface area contributed by atoms with Gasteiger partial charge in [-0.3, -0.25) is 0 Å². The largest absolute Gasteiger partial charge is 0.330 e. The maximum atomic E-state index is 5.86. The van der Waals surface area contributed by atoms with Crippen LogP contribution < -0.4 is 5.73 Å². The number of halogens is 2. The van der Waals surface area contributed by atoms with E-state index in [9.17, 15) is 0 Å². The van der Waals surface area contributed by atoms with Crippen LogP contribution in [0.1, 0.15) is 22.8 Å². The summed E-state index contributed by atoms with van der Waals surface area (Å²) in [5, 5.41) is 0.743. The maximum Gasteiger partial charge on any atom is 0.133 e. The van der Waals surface area contributed by atoms with Crippen molar-refractivity contribution in [2.45, 2.75) is 19.8 Å². The number of hydrogen-bond donors (Lipinski definition) is 1. The minimum Gasteiger partial charge on any atom is -0.330 e. The Balaban J connectivity index is 0.00000180. The van der Waals surface area contributed by atoms with Crippen LogP contribution in [0.4, 0.5) is 0 Å². The van der Waals surface area contributed by atoms with Gasteiger partial charge in [0, 0.05) is 29.3 Å². The van der Waals surface area contributed by atoms with Crippen molar-refractivity contribution in [2.24, 2.45) is 5.73 Å². The van der Waals surface area contributed by atoms with Gasteiger partial charge in [-0.25, -0.2) is 9.97 Å². The Morgan fingerprint density at radius 2 is 1.84 bits per heavy atom. The summed E-state index contributed by atoms with van der Waals surface area (Å²) in [4.78, 5) is 8.97. The molecule has 0 fully saturated rings. The van der Waals surface area contributed by atoms with Gasteiger partial charge in [0.25, 0.3) is 0 Å². The standard InChI is InChI=1S/C14H16ClN3.ClH/c1-10-8-13(6-7-16)18-14(17-10)9-11-2-4-12(15)5-3-11;/h2-5,8H,6-7,9,16H2,1H3;1H. The quantitative estimate of drug-likeness (QED) is 0.944. The fourth-order valence-electron chi connectivity index (χ4n) is 1.84. The molecule has 2 rings (SSSR count). The molecule has 0 saturated heterocycles. The Morgan fingerprint density at radius 1 is 1.16 bits per heavy atom. The Kier molecular flexibility index (Phi) is 6.22. The van der Waals surface area contributed by atoms with Crippen LogP contribution >= 0.6 is 24.0 Å². The molecule has 0 amide bonds. The Morgan fingerprint density at radius 3 is 2.47 bits per heavy atom. The van der Waals surface area contributed by atoms with Crippen molar-refractivity contribution in [3.63, 3.8) is 0 Å². The first-order valence-electron chi connectivity index (χ1n) is 5.95. The molecular weight excluding hydrogens is 281 g/mol. The van der Waals surface area contributed by atoms with E-state index < -0.39 is 0 Å². The highest BCUT2D eigenvalue weighted by Crippen LogP contribution is 2.12. The summed E-state index contributed by atoms with van der Waals surface area (Å²) in [6.07, 6.45) is 1.51. The third-order valence-corrected chi connectivity index (χ3v) is 2.88. The topological polar surface area (TPSA) is 51.8 Å². The first-order chi connectivity index (χ1) is 8.67. The van der Waals surface area contributed by atoms with E-state index in [2.05, 4.69) is 9.97 Å². The Bertz CT molecular complexity index is 527. The molecule has 0 aliphatic rings. The summed E-state index contributed by atoms with van der Waals surface area (Å²) >= 11 is 5.86. The van der Waals surface area contributed by atoms with E-state index in [0.717, 1.165) is 40.6 Å². The van der Waals surface area contributed by atoms with Gasteiger partial charge in [0.1, 0.15) is 5.82 Å². The third kappa shape index (κ3) is 4.78. The minimum absolute atomic E-state index is 0.